The van der Waals surface area contributed by atoms with Gasteiger partial charge in [0.1, 0.15) is 4.90 Å². The van der Waals surface area contributed by atoms with E-state index in [-0.39, 0.29) is 27.7 Å². The molecule has 1 saturated heterocycles. The molecule has 1 aromatic carbocycles. The summed E-state index contributed by atoms with van der Waals surface area (Å²) in [6.07, 6.45) is 1.37. The van der Waals surface area contributed by atoms with Gasteiger partial charge in [0.2, 0.25) is 10.0 Å². The number of benzene rings is 1. The van der Waals surface area contributed by atoms with Crippen molar-refractivity contribution in [2.45, 2.75) is 36.7 Å². The van der Waals surface area contributed by atoms with Crippen molar-refractivity contribution in [1.82, 2.24) is 10.0 Å². The van der Waals surface area contributed by atoms with Crippen LogP contribution in [0.2, 0.25) is 5.02 Å². The van der Waals surface area contributed by atoms with E-state index in [2.05, 4.69) is 10.0 Å². The lowest BCUT2D eigenvalue weighted by Gasteiger charge is -2.28. The fourth-order valence-corrected chi connectivity index (χ4v) is 4.17. The standard InChI is InChI=1S/C12H16ClN3O4S/c1-8-6-9(4-5-14-8)15-21(19,20)12-3-2-10(16(17)18)7-11(12)13/h2-3,7-9,14-15H,4-6H2,1H3. The highest BCUT2D eigenvalue weighted by Crippen LogP contribution is 2.26. The van der Waals surface area contributed by atoms with Crippen LogP contribution in [0.5, 0.6) is 0 Å². The van der Waals surface area contributed by atoms with Crippen LogP contribution in [0.1, 0.15) is 19.8 Å². The van der Waals surface area contributed by atoms with E-state index in [0.717, 1.165) is 24.7 Å². The largest absolute Gasteiger partial charge is 0.314 e. The molecule has 0 spiro atoms. The average molecular weight is 334 g/mol. The van der Waals surface area contributed by atoms with Crippen LogP contribution in [0.25, 0.3) is 0 Å². The lowest BCUT2D eigenvalue weighted by Crippen LogP contribution is -2.46. The van der Waals surface area contributed by atoms with Gasteiger partial charge >= 0.3 is 0 Å². The van der Waals surface area contributed by atoms with Gasteiger partial charge in [0.25, 0.3) is 5.69 Å². The van der Waals surface area contributed by atoms with Crippen LogP contribution in [0.3, 0.4) is 0 Å². The second kappa shape index (κ2) is 6.27. The van der Waals surface area contributed by atoms with Crippen LogP contribution in [-0.4, -0.2) is 32.0 Å². The number of halogens is 1. The van der Waals surface area contributed by atoms with Gasteiger partial charge in [-0.1, -0.05) is 11.6 Å². The molecule has 0 bridgehead atoms. The molecule has 9 heteroatoms. The first-order chi connectivity index (χ1) is 9.79. The van der Waals surface area contributed by atoms with E-state index in [1.165, 1.54) is 0 Å². The number of hydrogen-bond acceptors (Lipinski definition) is 5. The van der Waals surface area contributed by atoms with E-state index < -0.39 is 14.9 Å². The van der Waals surface area contributed by atoms with E-state index in [9.17, 15) is 18.5 Å². The number of nitrogens with zero attached hydrogens (tertiary/aromatic N) is 1. The van der Waals surface area contributed by atoms with Crippen LogP contribution in [0, 0.1) is 10.1 Å². The summed E-state index contributed by atoms with van der Waals surface area (Å²) in [5.41, 5.74) is -0.241. The normalized spacial score (nSPS) is 23.0. The molecule has 0 aromatic heterocycles. The first-order valence-electron chi connectivity index (χ1n) is 6.49. The lowest BCUT2D eigenvalue weighted by atomic mass is 10.0. The minimum atomic E-state index is -3.79. The van der Waals surface area contributed by atoms with Crippen molar-refractivity contribution in [2.24, 2.45) is 0 Å². The molecule has 1 aliphatic heterocycles. The first kappa shape index (κ1) is 16.2. The lowest BCUT2D eigenvalue weighted by molar-refractivity contribution is -0.384. The fourth-order valence-electron chi connectivity index (χ4n) is 2.34. The Morgan fingerprint density at radius 2 is 2.19 bits per heavy atom. The molecule has 2 unspecified atom stereocenters. The number of nitro benzene ring substituents is 1. The van der Waals surface area contributed by atoms with Crippen molar-refractivity contribution in [3.05, 3.63) is 33.3 Å². The van der Waals surface area contributed by atoms with Crippen molar-refractivity contribution in [3.63, 3.8) is 0 Å². The van der Waals surface area contributed by atoms with E-state index in [4.69, 9.17) is 11.6 Å². The highest BCUT2D eigenvalue weighted by molar-refractivity contribution is 7.89. The number of sulfonamides is 1. The molecule has 0 saturated carbocycles. The molecule has 0 aliphatic carbocycles. The summed E-state index contributed by atoms with van der Waals surface area (Å²) in [4.78, 5) is 9.88. The zero-order chi connectivity index (χ0) is 15.6. The summed E-state index contributed by atoms with van der Waals surface area (Å²) in [6.45, 7) is 2.72. The third-order valence-corrected chi connectivity index (χ3v) is 5.36. The Hall–Kier alpha value is -1.22. The quantitative estimate of drug-likeness (QED) is 0.644. The van der Waals surface area contributed by atoms with E-state index >= 15 is 0 Å². The zero-order valence-corrected chi connectivity index (χ0v) is 12.9. The van der Waals surface area contributed by atoms with Crippen molar-refractivity contribution < 1.29 is 13.3 Å². The van der Waals surface area contributed by atoms with Gasteiger partial charge in [-0.3, -0.25) is 10.1 Å². The topological polar surface area (TPSA) is 101 Å². The van der Waals surface area contributed by atoms with Gasteiger partial charge < -0.3 is 5.32 Å². The molecule has 116 valence electrons. The van der Waals surface area contributed by atoms with Crippen LogP contribution in [0.15, 0.2) is 23.1 Å². The molecule has 1 heterocycles. The van der Waals surface area contributed by atoms with E-state index in [1.54, 1.807) is 0 Å². The molecule has 0 radical (unpaired) electrons. The summed E-state index contributed by atoms with van der Waals surface area (Å²) >= 11 is 5.87. The Bertz CT molecular complexity index is 650. The zero-order valence-electron chi connectivity index (χ0n) is 11.4. The number of nitro groups is 1. The van der Waals surface area contributed by atoms with Gasteiger partial charge in [0, 0.05) is 24.2 Å². The van der Waals surface area contributed by atoms with Crippen molar-refractivity contribution in [1.29, 1.82) is 0 Å². The van der Waals surface area contributed by atoms with Crippen LogP contribution in [-0.2, 0) is 10.0 Å². The SMILES string of the molecule is CC1CC(NS(=O)(=O)c2ccc([N+](=O)[O-])cc2Cl)CCN1. The number of piperidine rings is 1. The molecular weight excluding hydrogens is 318 g/mol. The summed E-state index contributed by atoms with van der Waals surface area (Å²) < 4.78 is 27.3. The summed E-state index contributed by atoms with van der Waals surface area (Å²) in [5, 5.41) is 13.7. The number of nitrogens with one attached hydrogen (secondary N) is 2. The maximum absolute atomic E-state index is 12.3. The number of rotatable bonds is 4. The molecule has 1 fully saturated rings. The maximum Gasteiger partial charge on any atom is 0.271 e. The minimum absolute atomic E-state index is 0.138. The molecule has 2 atom stereocenters. The molecule has 0 amide bonds. The third kappa shape index (κ3) is 3.91. The molecule has 1 aromatic rings. The second-order valence-electron chi connectivity index (χ2n) is 5.07. The highest BCUT2D eigenvalue weighted by atomic mass is 35.5. The van der Waals surface area contributed by atoms with Gasteiger partial charge in [-0.15, -0.1) is 0 Å². The van der Waals surface area contributed by atoms with Gasteiger partial charge in [0.05, 0.1) is 9.95 Å². The monoisotopic (exact) mass is 333 g/mol. The average Bonchev–Trinajstić information content (AvgIpc) is 2.37. The minimum Gasteiger partial charge on any atom is -0.314 e. The second-order valence-corrected chi connectivity index (χ2v) is 7.16. The van der Waals surface area contributed by atoms with E-state index in [1.807, 2.05) is 6.92 Å². The van der Waals surface area contributed by atoms with Gasteiger partial charge in [0.15, 0.2) is 0 Å². The van der Waals surface area contributed by atoms with Crippen LogP contribution < -0.4 is 10.0 Å². The van der Waals surface area contributed by atoms with Crippen molar-refractivity contribution >= 4 is 27.3 Å². The Labute approximate surface area is 127 Å². The first-order valence-corrected chi connectivity index (χ1v) is 8.35. The number of non-ortho nitro benzene ring substituents is 1. The third-order valence-electron chi connectivity index (χ3n) is 3.36. The highest BCUT2D eigenvalue weighted by Gasteiger charge is 2.26. The molecule has 7 nitrogen and oxygen atoms in total. The molecular formula is C12H16ClN3O4S. The maximum atomic E-state index is 12.3. The molecule has 1 aliphatic rings. The summed E-state index contributed by atoms with van der Waals surface area (Å²) in [5.74, 6) is 0. The van der Waals surface area contributed by atoms with Gasteiger partial charge in [-0.2, -0.15) is 0 Å². The Kier molecular flexibility index (Phi) is 4.82. The summed E-state index contributed by atoms with van der Waals surface area (Å²) in [7, 11) is -3.79. The molecule has 21 heavy (non-hydrogen) atoms. The van der Waals surface area contributed by atoms with Crippen LogP contribution in [0.4, 0.5) is 5.69 Å². The van der Waals surface area contributed by atoms with Crippen LogP contribution >= 0.6 is 11.6 Å². The fraction of sp³-hybridized carbons (Fsp3) is 0.500. The Balaban J connectivity index is 2.21. The van der Waals surface area contributed by atoms with Crippen molar-refractivity contribution in [3.8, 4) is 0 Å². The van der Waals surface area contributed by atoms with Gasteiger partial charge in [-0.25, -0.2) is 13.1 Å². The Morgan fingerprint density at radius 3 is 2.76 bits per heavy atom. The summed E-state index contributed by atoms with van der Waals surface area (Å²) in [6, 6.07) is 3.40. The van der Waals surface area contributed by atoms with E-state index in [0.29, 0.717) is 12.8 Å². The number of hydrogen-bond donors (Lipinski definition) is 2. The van der Waals surface area contributed by atoms with Crippen molar-refractivity contribution in [2.75, 3.05) is 6.54 Å². The molecule has 2 rings (SSSR count). The van der Waals surface area contributed by atoms with Gasteiger partial charge in [-0.05, 0) is 32.4 Å². The predicted octanol–water partition coefficient (Wildman–Crippen LogP) is 1.67. The smallest absolute Gasteiger partial charge is 0.271 e. The predicted molar refractivity (Wildman–Crippen MR) is 78.9 cm³/mol. The molecule has 2 N–H and O–H groups in total. The Morgan fingerprint density at radius 1 is 1.48 bits per heavy atom.